The Hall–Kier alpha value is -1.61. The molecule has 116 valence electrons. The van der Waals surface area contributed by atoms with Crippen molar-refractivity contribution >= 4 is 15.9 Å². The van der Waals surface area contributed by atoms with Crippen molar-refractivity contribution < 1.29 is 21.6 Å². The van der Waals surface area contributed by atoms with E-state index in [2.05, 4.69) is 5.10 Å². The molecule has 0 fully saturated rings. The smallest absolute Gasteiger partial charge is 0.210 e. The van der Waals surface area contributed by atoms with Crippen LogP contribution in [0.3, 0.4) is 0 Å². The van der Waals surface area contributed by atoms with Crippen LogP contribution in [-0.2, 0) is 10.2 Å². The molecule has 9 heteroatoms. The summed E-state index contributed by atoms with van der Waals surface area (Å²) in [6.45, 7) is 3.46. The van der Waals surface area contributed by atoms with Gasteiger partial charge in [-0.15, -0.1) is 0 Å². The van der Waals surface area contributed by atoms with Crippen LogP contribution in [0.1, 0.15) is 29.2 Å². The number of benzene rings is 1. The molecule has 0 amide bonds. The molecule has 0 aliphatic carbocycles. The first-order valence-electron chi connectivity index (χ1n) is 6.04. The molecule has 0 saturated heterocycles. The van der Waals surface area contributed by atoms with Crippen LogP contribution < -0.4 is 5.14 Å². The number of hydrogen-bond acceptors (Lipinski definition) is 3. The average Bonchev–Trinajstić information content (AvgIpc) is 2.76. The van der Waals surface area contributed by atoms with Crippen LogP contribution in [0.4, 0.5) is 13.2 Å². The molecule has 1 unspecified atom stereocenters. The zero-order valence-corrected chi connectivity index (χ0v) is 12.2. The third-order valence-corrected chi connectivity index (χ3v) is 4.11. The second kappa shape index (κ2) is 4.99. The monoisotopic (exact) mass is 321 g/mol. The molecule has 0 bridgehead atoms. The van der Waals surface area contributed by atoms with Crippen LogP contribution in [0.15, 0.2) is 23.3 Å². The van der Waals surface area contributed by atoms with E-state index in [1.165, 1.54) is 0 Å². The number of rotatable bonds is 2. The minimum absolute atomic E-state index is 0.345. The SMILES string of the molecule is Cc1ccc(C)c(C2CC(C(F)(F)F)=NN2S(N)(=O)=O)c1. The maximum atomic E-state index is 12.8. The third-order valence-electron chi connectivity index (χ3n) is 3.25. The van der Waals surface area contributed by atoms with E-state index in [4.69, 9.17) is 5.14 Å². The lowest BCUT2D eigenvalue weighted by Gasteiger charge is -2.22. The van der Waals surface area contributed by atoms with E-state index in [-0.39, 0.29) is 0 Å². The van der Waals surface area contributed by atoms with Crippen molar-refractivity contribution in [2.75, 3.05) is 0 Å². The number of hydrazone groups is 1. The van der Waals surface area contributed by atoms with Gasteiger partial charge in [0.2, 0.25) is 0 Å². The van der Waals surface area contributed by atoms with Gasteiger partial charge >= 0.3 is 16.4 Å². The van der Waals surface area contributed by atoms with Crippen molar-refractivity contribution in [3.8, 4) is 0 Å². The lowest BCUT2D eigenvalue weighted by atomic mass is 9.96. The molecule has 2 rings (SSSR count). The van der Waals surface area contributed by atoms with Crippen LogP contribution >= 0.6 is 0 Å². The standard InChI is InChI=1S/C12H14F3N3O2S/c1-7-3-4-8(2)9(5-7)10-6-11(12(13,14)15)17-18(10)21(16,19)20/h3-5,10H,6H2,1-2H3,(H2,16,19,20). The summed E-state index contributed by atoms with van der Waals surface area (Å²) in [5.41, 5.74) is 0.803. The molecule has 1 atom stereocenters. The second-order valence-corrected chi connectivity index (χ2v) is 6.35. The van der Waals surface area contributed by atoms with E-state index < -0.39 is 34.6 Å². The van der Waals surface area contributed by atoms with Gasteiger partial charge in [0.15, 0.2) is 0 Å². The Balaban J connectivity index is 2.51. The third kappa shape index (κ3) is 3.18. The lowest BCUT2D eigenvalue weighted by Crippen LogP contribution is -2.33. The van der Waals surface area contributed by atoms with Crippen LogP contribution in [0.5, 0.6) is 0 Å². The summed E-state index contributed by atoms with van der Waals surface area (Å²) >= 11 is 0. The van der Waals surface area contributed by atoms with Crippen molar-refractivity contribution in [3.63, 3.8) is 0 Å². The minimum Gasteiger partial charge on any atom is -0.210 e. The molecule has 21 heavy (non-hydrogen) atoms. The van der Waals surface area contributed by atoms with Gasteiger partial charge in [-0.2, -0.15) is 31.1 Å². The summed E-state index contributed by atoms with van der Waals surface area (Å²) in [7, 11) is -4.38. The van der Waals surface area contributed by atoms with Gasteiger partial charge in [0.25, 0.3) is 0 Å². The number of halogens is 3. The highest BCUT2D eigenvalue weighted by molar-refractivity contribution is 7.86. The average molecular weight is 321 g/mol. The molecule has 0 spiro atoms. The molecule has 2 N–H and O–H groups in total. The predicted molar refractivity (Wildman–Crippen MR) is 71.7 cm³/mol. The Bertz CT molecular complexity index is 698. The van der Waals surface area contributed by atoms with E-state index in [9.17, 15) is 21.6 Å². The summed E-state index contributed by atoms with van der Waals surface area (Å²) in [6.07, 6.45) is -5.24. The molecular weight excluding hydrogens is 307 g/mol. The summed E-state index contributed by atoms with van der Waals surface area (Å²) in [4.78, 5) is 0. The second-order valence-electron chi connectivity index (χ2n) is 4.94. The summed E-state index contributed by atoms with van der Waals surface area (Å²) in [5, 5.41) is 8.16. The van der Waals surface area contributed by atoms with E-state index in [1.54, 1.807) is 32.0 Å². The first kappa shape index (κ1) is 15.8. The fourth-order valence-corrected chi connectivity index (χ4v) is 3.00. The van der Waals surface area contributed by atoms with E-state index in [0.29, 0.717) is 15.5 Å². The Kier molecular flexibility index (Phi) is 3.75. The fourth-order valence-electron chi connectivity index (χ4n) is 2.25. The van der Waals surface area contributed by atoms with Gasteiger partial charge in [-0.25, -0.2) is 5.14 Å². The molecule has 0 saturated carbocycles. The zero-order chi connectivity index (χ0) is 16.0. The number of nitrogens with two attached hydrogens (primary N) is 1. The Morgan fingerprint density at radius 1 is 1.33 bits per heavy atom. The molecule has 1 aliphatic rings. The first-order valence-corrected chi connectivity index (χ1v) is 7.54. The molecule has 1 aromatic carbocycles. The Morgan fingerprint density at radius 2 is 1.95 bits per heavy atom. The van der Waals surface area contributed by atoms with Crippen LogP contribution in [0.2, 0.25) is 0 Å². The van der Waals surface area contributed by atoms with Gasteiger partial charge < -0.3 is 0 Å². The van der Waals surface area contributed by atoms with Gasteiger partial charge in [0.1, 0.15) is 5.71 Å². The van der Waals surface area contributed by atoms with Gasteiger partial charge in [0.05, 0.1) is 6.04 Å². The normalized spacial score (nSPS) is 19.8. The van der Waals surface area contributed by atoms with Crippen LogP contribution in [0.25, 0.3) is 0 Å². The highest BCUT2D eigenvalue weighted by atomic mass is 32.2. The summed E-state index contributed by atoms with van der Waals surface area (Å²) < 4.78 is 61.8. The van der Waals surface area contributed by atoms with Crippen LogP contribution in [0, 0.1) is 13.8 Å². The topological polar surface area (TPSA) is 75.8 Å². The van der Waals surface area contributed by atoms with Crippen molar-refractivity contribution in [1.29, 1.82) is 0 Å². The highest BCUT2D eigenvalue weighted by Gasteiger charge is 2.46. The van der Waals surface area contributed by atoms with Crippen molar-refractivity contribution in [3.05, 3.63) is 34.9 Å². The molecular formula is C12H14F3N3O2S. The molecule has 0 radical (unpaired) electrons. The fraction of sp³-hybridized carbons (Fsp3) is 0.417. The lowest BCUT2D eigenvalue weighted by molar-refractivity contribution is -0.0600. The zero-order valence-electron chi connectivity index (χ0n) is 11.3. The minimum atomic E-state index is -4.69. The summed E-state index contributed by atoms with van der Waals surface area (Å²) in [5.74, 6) is 0. The molecule has 1 heterocycles. The van der Waals surface area contributed by atoms with Gasteiger partial charge in [-0.1, -0.05) is 23.8 Å². The number of nitrogens with zero attached hydrogens (tertiary/aromatic N) is 2. The van der Waals surface area contributed by atoms with Crippen LogP contribution in [-0.4, -0.2) is 24.7 Å². The van der Waals surface area contributed by atoms with Gasteiger partial charge in [-0.05, 0) is 25.0 Å². The maximum absolute atomic E-state index is 12.8. The number of hydrogen-bond donors (Lipinski definition) is 1. The largest absolute Gasteiger partial charge is 0.431 e. The Morgan fingerprint density at radius 3 is 2.48 bits per heavy atom. The Labute approximate surface area is 120 Å². The summed E-state index contributed by atoms with van der Waals surface area (Å²) in [6, 6.07) is 4.09. The van der Waals surface area contributed by atoms with Crippen molar-refractivity contribution in [2.45, 2.75) is 32.5 Å². The first-order chi connectivity index (χ1) is 9.50. The highest BCUT2D eigenvalue weighted by Crippen LogP contribution is 2.38. The van der Waals surface area contributed by atoms with Crippen molar-refractivity contribution in [2.24, 2.45) is 10.2 Å². The molecule has 1 aromatic rings. The molecule has 5 nitrogen and oxygen atoms in total. The van der Waals surface area contributed by atoms with Gasteiger partial charge in [-0.3, -0.25) is 0 Å². The molecule has 0 aromatic heterocycles. The van der Waals surface area contributed by atoms with Crippen molar-refractivity contribution in [1.82, 2.24) is 4.41 Å². The quantitative estimate of drug-likeness (QED) is 0.906. The van der Waals surface area contributed by atoms with Gasteiger partial charge in [0, 0.05) is 6.42 Å². The maximum Gasteiger partial charge on any atom is 0.431 e. The van der Waals surface area contributed by atoms with E-state index in [0.717, 1.165) is 5.56 Å². The van der Waals surface area contributed by atoms with E-state index in [1.807, 2.05) is 0 Å². The number of alkyl halides is 3. The number of aryl methyl sites for hydroxylation is 2. The van der Waals surface area contributed by atoms with E-state index >= 15 is 0 Å². The molecule has 1 aliphatic heterocycles. The predicted octanol–water partition coefficient (Wildman–Crippen LogP) is 2.17.